The summed E-state index contributed by atoms with van der Waals surface area (Å²) < 4.78 is 32.1. The summed E-state index contributed by atoms with van der Waals surface area (Å²) in [4.78, 5) is 25.8. The topological polar surface area (TPSA) is 46.6 Å². The molecule has 0 aromatic heterocycles. The molecule has 0 saturated heterocycles. The largest absolute Gasteiger partial charge is 0.491 e. The van der Waals surface area contributed by atoms with Crippen molar-refractivity contribution < 1.29 is 23.1 Å². The molecule has 3 rings (SSSR count). The molecule has 2 aromatic carbocycles. The average molecular weight is 378 g/mol. The van der Waals surface area contributed by atoms with Gasteiger partial charge in [-0.2, -0.15) is 0 Å². The van der Waals surface area contributed by atoms with E-state index in [2.05, 4.69) is 0 Å². The lowest BCUT2D eigenvalue weighted by molar-refractivity contribution is -0.119. The Morgan fingerprint density at radius 1 is 0.962 bits per heavy atom. The standard InChI is InChI=1S/C19H14ClF2NO3/c1-10(2)26-13-6-3-11(4-7-13)16-17(20)19(25)23(18(16)24)12-5-8-14(21)15(22)9-12/h3-10H,1-2H3. The number of carbonyl (C=O) groups is 2. The summed E-state index contributed by atoms with van der Waals surface area (Å²) in [7, 11) is 0. The Bertz CT molecular complexity index is 923. The van der Waals surface area contributed by atoms with Gasteiger partial charge >= 0.3 is 0 Å². The van der Waals surface area contributed by atoms with Crippen molar-refractivity contribution in [2.24, 2.45) is 0 Å². The van der Waals surface area contributed by atoms with E-state index >= 15 is 0 Å². The van der Waals surface area contributed by atoms with Gasteiger partial charge in [0, 0.05) is 6.07 Å². The van der Waals surface area contributed by atoms with Crippen LogP contribution in [0.1, 0.15) is 19.4 Å². The monoisotopic (exact) mass is 377 g/mol. The third-order valence-electron chi connectivity index (χ3n) is 3.70. The molecule has 26 heavy (non-hydrogen) atoms. The molecule has 2 amide bonds. The predicted octanol–water partition coefficient (Wildman–Crippen LogP) is 4.28. The van der Waals surface area contributed by atoms with E-state index in [-0.39, 0.29) is 22.4 Å². The van der Waals surface area contributed by atoms with Crippen LogP contribution in [0.15, 0.2) is 47.5 Å². The second-order valence-corrected chi connectivity index (χ2v) is 6.30. The van der Waals surface area contributed by atoms with E-state index in [9.17, 15) is 18.4 Å². The summed E-state index contributed by atoms with van der Waals surface area (Å²) in [5, 5.41) is -0.280. The number of anilines is 1. The van der Waals surface area contributed by atoms with E-state index in [0.717, 1.165) is 23.1 Å². The Morgan fingerprint density at radius 3 is 2.19 bits per heavy atom. The second-order valence-electron chi connectivity index (χ2n) is 5.92. The van der Waals surface area contributed by atoms with E-state index in [1.54, 1.807) is 24.3 Å². The fraction of sp³-hybridized carbons (Fsp3) is 0.158. The van der Waals surface area contributed by atoms with Gasteiger partial charge in [0.2, 0.25) is 0 Å². The number of halogens is 3. The van der Waals surface area contributed by atoms with Gasteiger partial charge in [-0.3, -0.25) is 9.59 Å². The average Bonchev–Trinajstić information content (AvgIpc) is 2.80. The molecule has 4 nitrogen and oxygen atoms in total. The number of carbonyl (C=O) groups excluding carboxylic acids is 2. The Balaban J connectivity index is 1.95. The van der Waals surface area contributed by atoms with Crippen LogP contribution in [0.25, 0.3) is 5.57 Å². The maximum Gasteiger partial charge on any atom is 0.277 e. The lowest BCUT2D eigenvalue weighted by atomic mass is 10.1. The fourth-order valence-corrected chi connectivity index (χ4v) is 2.86. The van der Waals surface area contributed by atoms with Crippen molar-refractivity contribution in [1.29, 1.82) is 0 Å². The van der Waals surface area contributed by atoms with Gasteiger partial charge in [-0.05, 0) is 43.7 Å². The highest BCUT2D eigenvalue weighted by atomic mass is 35.5. The van der Waals surface area contributed by atoms with Crippen LogP contribution < -0.4 is 9.64 Å². The first-order valence-corrected chi connectivity index (χ1v) is 8.18. The Morgan fingerprint density at radius 2 is 1.62 bits per heavy atom. The van der Waals surface area contributed by atoms with E-state index in [1.165, 1.54) is 0 Å². The number of imide groups is 1. The molecule has 0 N–H and O–H groups in total. The summed E-state index contributed by atoms with van der Waals surface area (Å²) in [5.74, 6) is -3.13. The molecule has 7 heteroatoms. The fourth-order valence-electron chi connectivity index (χ4n) is 2.58. The normalized spacial score (nSPS) is 14.6. The third kappa shape index (κ3) is 3.20. The van der Waals surface area contributed by atoms with Gasteiger partial charge in [-0.1, -0.05) is 23.7 Å². The molecule has 0 unspecified atom stereocenters. The Kier molecular flexibility index (Phi) is 4.78. The van der Waals surface area contributed by atoms with Gasteiger partial charge in [0.1, 0.15) is 10.8 Å². The minimum Gasteiger partial charge on any atom is -0.491 e. The highest BCUT2D eigenvalue weighted by molar-refractivity contribution is 6.60. The molecule has 0 bridgehead atoms. The van der Waals surface area contributed by atoms with Crippen molar-refractivity contribution in [3.63, 3.8) is 0 Å². The van der Waals surface area contributed by atoms with Crippen LogP contribution in [0.2, 0.25) is 0 Å². The number of rotatable bonds is 4. The smallest absolute Gasteiger partial charge is 0.277 e. The molecule has 0 radical (unpaired) electrons. The van der Waals surface area contributed by atoms with Gasteiger partial charge in [-0.25, -0.2) is 13.7 Å². The van der Waals surface area contributed by atoms with Crippen molar-refractivity contribution in [3.8, 4) is 5.75 Å². The van der Waals surface area contributed by atoms with E-state index in [4.69, 9.17) is 16.3 Å². The first-order valence-electron chi connectivity index (χ1n) is 7.80. The molecular formula is C19H14ClF2NO3. The van der Waals surface area contributed by atoms with E-state index in [0.29, 0.717) is 11.3 Å². The summed E-state index contributed by atoms with van der Waals surface area (Å²) in [6, 6.07) is 9.29. The third-order valence-corrected chi connectivity index (χ3v) is 4.05. The second kappa shape index (κ2) is 6.88. The number of hydrogen-bond acceptors (Lipinski definition) is 3. The maximum atomic E-state index is 13.5. The number of amides is 2. The van der Waals surface area contributed by atoms with Gasteiger partial charge in [0.25, 0.3) is 11.8 Å². The molecule has 0 aliphatic carbocycles. The van der Waals surface area contributed by atoms with Gasteiger partial charge in [0.05, 0.1) is 17.4 Å². The molecule has 2 aromatic rings. The molecule has 0 atom stereocenters. The van der Waals surface area contributed by atoms with Crippen molar-refractivity contribution in [3.05, 3.63) is 64.7 Å². The highest BCUT2D eigenvalue weighted by Gasteiger charge is 2.39. The summed E-state index contributed by atoms with van der Waals surface area (Å²) in [6.45, 7) is 3.76. The maximum absolute atomic E-state index is 13.5. The van der Waals surface area contributed by atoms with Crippen molar-refractivity contribution in [2.45, 2.75) is 20.0 Å². The minimum absolute atomic E-state index is 0.00232. The molecule has 0 fully saturated rings. The molecule has 1 aliphatic rings. The number of ether oxygens (including phenoxy) is 1. The number of benzene rings is 2. The predicted molar refractivity (Wildman–Crippen MR) is 93.8 cm³/mol. The summed E-state index contributed by atoms with van der Waals surface area (Å²) in [6.07, 6.45) is -0.0118. The minimum atomic E-state index is -1.16. The lowest BCUT2D eigenvalue weighted by Gasteiger charge is -2.15. The van der Waals surface area contributed by atoms with Crippen LogP contribution in [-0.2, 0) is 9.59 Å². The SMILES string of the molecule is CC(C)Oc1ccc(C2=C(Cl)C(=O)N(c3ccc(F)c(F)c3)C2=O)cc1. The highest BCUT2D eigenvalue weighted by Crippen LogP contribution is 2.35. The van der Waals surface area contributed by atoms with Crippen LogP contribution in [-0.4, -0.2) is 17.9 Å². The number of nitrogens with zero attached hydrogens (tertiary/aromatic N) is 1. The van der Waals surface area contributed by atoms with Crippen LogP contribution in [0.3, 0.4) is 0 Å². The van der Waals surface area contributed by atoms with Crippen molar-refractivity contribution in [1.82, 2.24) is 0 Å². The summed E-state index contributed by atoms with van der Waals surface area (Å²) in [5.41, 5.74) is 0.332. The van der Waals surface area contributed by atoms with Crippen molar-refractivity contribution in [2.75, 3.05) is 4.90 Å². The van der Waals surface area contributed by atoms with E-state index < -0.39 is 23.4 Å². The molecular weight excluding hydrogens is 364 g/mol. The Hall–Kier alpha value is -2.73. The van der Waals surface area contributed by atoms with E-state index in [1.807, 2.05) is 13.8 Å². The van der Waals surface area contributed by atoms with Crippen LogP contribution in [0.5, 0.6) is 5.75 Å². The van der Waals surface area contributed by atoms with Gasteiger partial charge in [0.15, 0.2) is 11.6 Å². The zero-order chi connectivity index (χ0) is 19.0. The molecule has 1 aliphatic heterocycles. The molecule has 0 saturated carbocycles. The molecule has 1 heterocycles. The quantitative estimate of drug-likeness (QED) is 0.747. The first-order chi connectivity index (χ1) is 12.3. The van der Waals surface area contributed by atoms with Crippen LogP contribution in [0.4, 0.5) is 14.5 Å². The zero-order valence-corrected chi connectivity index (χ0v) is 14.7. The van der Waals surface area contributed by atoms with Gasteiger partial charge < -0.3 is 4.74 Å². The van der Waals surface area contributed by atoms with Crippen molar-refractivity contribution >= 4 is 34.7 Å². The van der Waals surface area contributed by atoms with Crippen LogP contribution in [0, 0.1) is 11.6 Å². The molecule has 134 valence electrons. The zero-order valence-electron chi connectivity index (χ0n) is 13.9. The molecule has 0 spiro atoms. The lowest BCUT2D eigenvalue weighted by Crippen LogP contribution is -2.31. The Labute approximate surface area is 153 Å². The number of hydrogen-bond donors (Lipinski definition) is 0. The first kappa shape index (κ1) is 18.1. The van der Waals surface area contributed by atoms with Crippen LogP contribution >= 0.6 is 11.6 Å². The summed E-state index contributed by atoms with van der Waals surface area (Å²) >= 11 is 6.07. The van der Waals surface area contributed by atoms with Gasteiger partial charge in [-0.15, -0.1) is 0 Å².